The molecule has 0 aliphatic rings. The van der Waals surface area contributed by atoms with Crippen molar-refractivity contribution in [1.29, 1.82) is 0 Å². The van der Waals surface area contributed by atoms with Crippen LogP contribution < -0.4 is 5.73 Å². The van der Waals surface area contributed by atoms with Crippen molar-refractivity contribution in [2.75, 3.05) is 0 Å². The lowest BCUT2D eigenvalue weighted by Gasteiger charge is -2.08. The van der Waals surface area contributed by atoms with Crippen molar-refractivity contribution in [3.8, 4) is 5.75 Å². The van der Waals surface area contributed by atoms with Gasteiger partial charge in [-0.1, -0.05) is 0 Å². The maximum absolute atomic E-state index is 9.47. The number of hydrogen-bond donors (Lipinski definition) is 2. The van der Waals surface area contributed by atoms with Crippen LogP contribution in [0.15, 0.2) is 24.4 Å². The van der Waals surface area contributed by atoms with Crippen molar-refractivity contribution in [1.82, 2.24) is 4.57 Å². The first-order valence-electron chi connectivity index (χ1n) is 5.16. The summed E-state index contributed by atoms with van der Waals surface area (Å²) in [6.45, 7) is 4.76. The predicted molar refractivity (Wildman–Crippen MR) is 61.9 cm³/mol. The van der Waals surface area contributed by atoms with Crippen LogP contribution in [0.4, 0.5) is 0 Å². The highest BCUT2D eigenvalue weighted by Crippen LogP contribution is 2.27. The molecule has 3 N–H and O–H groups in total. The average molecular weight is 204 g/mol. The van der Waals surface area contributed by atoms with Crippen LogP contribution in [0, 0.1) is 0 Å². The van der Waals surface area contributed by atoms with Crippen LogP contribution in [0.2, 0.25) is 0 Å². The minimum absolute atomic E-state index is 0.297. The van der Waals surface area contributed by atoms with E-state index in [9.17, 15) is 5.11 Å². The number of phenolic OH excluding ortho intramolecular Hbond substituents is 1. The summed E-state index contributed by atoms with van der Waals surface area (Å²) in [4.78, 5) is 0. The lowest BCUT2D eigenvalue weighted by atomic mass is 10.2. The summed E-state index contributed by atoms with van der Waals surface area (Å²) >= 11 is 0. The van der Waals surface area contributed by atoms with Crippen molar-refractivity contribution in [3.63, 3.8) is 0 Å². The molecule has 0 radical (unpaired) electrons. The minimum atomic E-state index is 0.297. The molecule has 2 rings (SSSR count). The Labute approximate surface area is 89.1 Å². The van der Waals surface area contributed by atoms with E-state index in [2.05, 4.69) is 24.6 Å². The highest BCUT2D eigenvalue weighted by Gasteiger charge is 2.09. The van der Waals surface area contributed by atoms with E-state index in [1.807, 2.05) is 6.07 Å². The number of hydrogen-bond acceptors (Lipinski definition) is 2. The van der Waals surface area contributed by atoms with Gasteiger partial charge in [-0.05, 0) is 31.5 Å². The Morgan fingerprint density at radius 3 is 2.73 bits per heavy atom. The fourth-order valence-electron chi connectivity index (χ4n) is 1.90. The summed E-state index contributed by atoms with van der Waals surface area (Å²) in [5.41, 5.74) is 7.86. The van der Waals surface area contributed by atoms with E-state index < -0.39 is 0 Å². The van der Waals surface area contributed by atoms with Gasteiger partial charge < -0.3 is 15.4 Å². The van der Waals surface area contributed by atoms with E-state index in [0.29, 0.717) is 18.3 Å². The molecule has 0 aliphatic carbocycles. The number of benzene rings is 1. The Hall–Kier alpha value is -1.48. The van der Waals surface area contributed by atoms with Gasteiger partial charge in [-0.25, -0.2) is 0 Å². The lowest BCUT2D eigenvalue weighted by Crippen LogP contribution is -1.98. The third kappa shape index (κ3) is 1.59. The van der Waals surface area contributed by atoms with Gasteiger partial charge in [0.15, 0.2) is 0 Å². The third-order valence-corrected chi connectivity index (χ3v) is 2.68. The van der Waals surface area contributed by atoms with E-state index in [0.717, 1.165) is 16.5 Å². The van der Waals surface area contributed by atoms with Crippen LogP contribution in [0.1, 0.15) is 25.5 Å². The Balaban J connectivity index is 2.76. The Bertz CT molecular complexity index is 486. The van der Waals surface area contributed by atoms with Crippen molar-refractivity contribution in [2.45, 2.75) is 26.4 Å². The molecule has 0 saturated heterocycles. The summed E-state index contributed by atoms with van der Waals surface area (Å²) in [5.74, 6) is 0.297. The Kier molecular flexibility index (Phi) is 2.40. The lowest BCUT2D eigenvalue weighted by molar-refractivity contribution is 0.475. The average Bonchev–Trinajstić information content (AvgIpc) is 2.55. The van der Waals surface area contributed by atoms with Crippen molar-refractivity contribution in [2.24, 2.45) is 5.73 Å². The van der Waals surface area contributed by atoms with Crippen LogP contribution >= 0.6 is 0 Å². The first kappa shape index (κ1) is 10.1. The first-order valence-corrected chi connectivity index (χ1v) is 5.16. The fraction of sp³-hybridized carbons (Fsp3) is 0.333. The second-order valence-corrected chi connectivity index (χ2v) is 4.06. The van der Waals surface area contributed by atoms with Gasteiger partial charge in [0.1, 0.15) is 5.75 Å². The minimum Gasteiger partial charge on any atom is -0.508 e. The molecular formula is C12H16N2O. The molecule has 0 unspecified atom stereocenters. The molecule has 15 heavy (non-hydrogen) atoms. The monoisotopic (exact) mass is 204 g/mol. The fourth-order valence-corrected chi connectivity index (χ4v) is 1.90. The number of aromatic hydroxyl groups is 1. The van der Waals surface area contributed by atoms with Crippen LogP contribution in [0.3, 0.4) is 0 Å². The van der Waals surface area contributed by atoms with Crippen LogP contribution in [-0.4, -0.2) is 9.67 Å². The number of rotatable bonds is 2. The predicted octanol–water partition coefficient (Wildman–Crippen LogP) is 2.39. The maximum Gasteiger partial charge on any atom is 0.117 e. The van der Waals surface area contributed by atoms with E-state index in [-0.39, 0.29) is 0 Å². The van der Waals surface area contributed by atoms with E-state index in [1.54, 1.807) is 12.1 Å². The van der Waals surface area contributed by atoms with Gasteiger partial charge in [0.25, 0.3) is 0 Å². The maximum atomic E-state index is 9.47. The third-order valence-electron chi connectivity index (χ3n) is 2.68. The standard InChI is InChI=1S/C12H16N2O/c1-8(2)14-7-9(6-13)11-4-3-10(15)5-12(11)14/h3-5,7-8,15H,6,13H2,1-2H3. The molecule has 1 aromatic carbocycles. The topological polar surface area (TPSA) is 51.2 Å². The highest BCUT2D eigenvalue weighted by atomic mass is 16.3. The quantitative estimate of drug-likeness (QED) is 0.789. The van der Waals surface area contributed by atoms with Gasteiger partial charge in [-0.2, -0.15) is 0 Å². The second-order valence-electron chi connectivity index (χ2n) is 4.06. The summed E-state index contributed by atoms with van der Waals surface area (Å²) in [6, 6.07) is 5.78. The number of fused-ring (bicyclic) bond motifs is 1. The van der Waals surface area contributed by atoms with E-state index in [4.69, 9.17) is 5.73 Å². The SMILES string of the molecule is CC(C)n1cc(CN)c2ccc(O)cc21. The van der Waals surface area contributed by atoms with Crippen LogP contribution in [-0.2, 0) is 6.54 Å². The van der Waals surface area contributed by atoms with Gasteiger partial charge in [-0.3, -0.25) is 0 Å². The van der Waals surface area contributed by atoms with E-state index >= 15 is 0 Å². The van der Waals surface area contributed by atoms with Crippen molar-refractivity contribution in [3.05, 3.63) is 30.0 Å². The van der Waals surface area contributed by atoms with Crippen molar-refractivity contribution >= 4 is 10.9 Å². The van der Waals surface area contributed by atoms with E-state index in [1.165, 1.54) is 0 Å². The molecule has 0 saturated carbocycles. The number of aromatic nitrogens is 1. The van der Waals surface area contributed by atoms with Gasteiger partial charge >= 0.3 is 0 Å². The van der Waals surface area contributed by atoms with Gasteiger partial charge in [-0.15, -0.1) is 0 Å². The zero-order chi connectivity index (χ0) is 11.0. The highest BCUT2D eigenvalue weighted by molar-refractivity contribution is 5.85. The molecule has 0 spiro atoms. The number of phenols is 1. The van der Waals surface area contributed by atoms with Crippen molar-refractivity contribution < 1.29 is 5.11 Å². The second kappa shape index (κ2) is 3.59. The molecule has 2 aromatic rings. The Morgan fingerprint density at radius 2 is 2.13 bits per heavy atom. The summed E-state index contributed by atoms with van der Waals surface area (Å²) in [5, 5.41) is 10.6. The summed E-state index contributed by atoms with van der Waals surface area (Å²) in [6.07, 6.45) is 2.06. The largest absolute Gasteiger partial charge is 0.508 e. The summed E-state index contributed by atoms with van der Waals surface area (Å²) in [7, 11) is 0. The van der Waals surface area contributed by atoms with Gasteiger partial charge in [0.2, 0.25) is 0 Å². The van der Waals surface area contributed by atoms with Gasteiger partial charge in [0, 0.05) is 30.2 Å². The Morgan fingerprint density at radius 1 is 1.40 bits per heavy atom. The number of nitrogens with two attached hydrogens (primary N) is 1. The molecule has 3 nitrogen and oxygen atoms in total. The molecule has 80 valence electrons. The normalized spacial score (nSPS) is 11.5. The van der Waals surface area contributed by atoms with Crippen LogP contribution in [0.5, 0.6) is 5.75 Å². The molecule has 0 fully saturated rings. The molecule has 0 bridgehead atoms. The zero-order valence-electron chi connectivity index (χ0n) is 9.07. The van der Waals surface area contributed by atoms with Crippen LogP contribution in [0.25, 0.3) is 10.9 Å². The molecule has 0 amide bonds. The molecule has 1 heterocycles. The molecule has 3 heteroatoms. The molecule has 0 aliphatic heterocycles. The number of nitrogens with zero attached hydrogens (tertiary/aromatic N) is 1. The molecular weight excluding hydrogens is 188 g/mol. The molecule has 1 aromatic heterocycles. The first-order chi connectivity index (χ1) is 7.13. The summed E-state index contributed by atoms with van der Waals surface area (Å²) < 4.78 is 2.14. The molecule has 0 atom stereocenters. The van der Waals surface area contributed by atoms with Gasteiger partial charge in [0.05, 0.1) is 5.52 Å². The smallest absolute Gasteiger partial charge is 0.117 e. The zero-order valence-corrected chi connectivity index (χ0v) is 9.07.